The van der Waals surface area contributed by atoms with Gasteiger partial charge in [-0.3, -0.25) is 0 Å². The van der Waals surface area contributed by atoms with Crippen LogP contribution in [-0.2, 0) is 9.47 Å². The van der Waals surface area contributed by atoms with Crippen molar-refractivity contribution < 1.29 is 9.47 Å². The summed E-state index contributed by atoms with van der Waals surface area (Å²) < 4.78 is 12.1. The quantitative estimate of drug-likeness (QED) is 0.778. The lowest BCUT2D eigenvalue weighted by Crippen LogP contribution is -2.44. The molecule has 1 saturated carbocycles. The number of hydrogen-bond acceptors (Lipinski definition) is 3. The summed E-state index contributed by atoms with van der Waals surface area (Å²) in [5.41, 5.74) is 0.338. The highest BCUT2D eigenvalue weighted by molar-refractivity contribution is 5.02. The molecule has 1 aliphatic carbocycles. The maximum atomic E-state index is 6.17. The van der Waals surface area contributed by atoms with Gasteiger partial charge in [0.15, 0.2) is 0 Å². The molecule has 2 aliphatic heterocycles. The fraction of sp³-hybridized carbons (Fsp3) is 1.00. The molecule has 0 amide bonds. The molecule has 2 saturated heterocycles. The van der Waals surface area contributed by atoms with Gasteiger partial charge in [-0.15, -0.1) is 0 Å². The summed E-state index contributed by atoms with van der Waals surface area (Å²) in [5, 5.41) is 3.72. The van der Waals surface area contributed by atoms with Crippen LogP contribution in [0.2, 0.25) is 0 Å². The van der Waals surface area contributed by atoms with Gasteiger partial charge in [-0.25, -0.2) is 0 Å². The van der Waals surface area contributed by atoms with Crippen LogP contribution in [-0.4, -0.2) is 38.5 Å². The zero-order valence-electron chi connectivity index (χ0n) is 13.2. The Balaban J connectivity index is 1.64. The van der Waals surface area contributed by atoms with Gasteiger partial charge in [-0.05, 0) is 56.9 Å². The van der Waals surface area contributed by atoms with Gasteiger partial charge in [0.2, 0.25) is 0 Å². The molecule has 0 aromatic carbocycles. The van der Waals surface area contributed by atoms with Crippen molar-refractivity contribution >= 4 is 0 Å². The molecule has 3 rings (SSSR count). The first-order valence-electron chi connectivity index (χ1n) is 8.63. The van der Waals surface area contributed by atoms with E-state index < -0.39 is 0 Å². The third kappa shape index (κ3) is 3.37. The Bertz CT molecular complexity index is 310. The first-order valence-corrected chi connectivity index (χ1v) is 8.63. The first-order chi connectivity index (χ1) is 9.70. The van der Waals surface area contributed by atoms with Crippen molar-refractivity contribution in [3.63, 3.8) is 0 Å². The van der Waals surface area contributed by atoms with Crippen LogP contribution in [0.25, 0.3) is 0 Å². The second kappa shape index (κ2) is 6.33. The van der Waals surface area contributed by atoms with E-state index in [1.165, 1.54) is 38.5 Å². The van der Waals surface area contributed by atoms with Crippen molar-refractivity contribution in [3.8, 4) is 0 Å². The molecule has 2 heterocycles. The van der Waals surface area contributed by atoms with Crippen LogP contribution in [0.4, 0.5) is 0 Å². The molecule has 3 heteroatoms. The number of ether oxygens (including phenoxy) is 2. The van der Waals surface area contributed by atoms with Crippen LogP contribution in [0.1, 0.15) is 52.4 Å². The van der Waals surface area contributed by atoms with Crippen LogP contribution in [0.15, 0.2) is 0 Å². The highest BCUT2D eigenvalue weighted by atomic mass is 16.5. The predicted molar refractivity (Wildman–Crippen MR) is 80.8 cm³/mol. The summed E-state index contributed by atoms with van der Waals surface area (Å²) in [6.45, 7) is 8.72. The largest absolute Gasteiger partial charge is 0.378 e. The van der Waals surface area contributed by atoms with Gasteiger partial charge in [-0.2, -0.15) is 0 Å². The maximum absolute atomic E-state index is 6.17. The van der Waals surface area contributed by atoms with Crippen LogP contribution in [0.3, 0.4) is 0 Å². The Morgan fingerprint density at radius 1 is 1.15 bits per heavy atom. The van der Waals surface area contributed by atoms with Crippen molar-refractivity contribution in [1.29, 1.82) is 0 Å². The predicted octanol–water partition coefficient (Wildman–Crippen LogP) is 2.99. The summed E-state index contributed by atoms with van der Waals surface area (Å²) in [6, 6.07) is 0. The van der Waals surface area contributed by atoms with Crippen molar-refractivity contribution in [2.24, 2.45) is 17.3 Å². The average Bonchev–Trinajstić information content (AvgIpc) is 2.96. The Labute approximate surface area is 123 Å². The second-order valence-electron chi connectivity index (χ2n) is 7.61. The SMILES string of the molecule is CC(C)CNCC1(CC2CCCO2)CCOC1C1CC1. The fourth-order valence-corrected chi connectivity index (χ4v) is 4.09. The number of hydrogen-bond donors (Lipinski definition) is 1. The molecule has 1 N–H and O–H groups in total. The summed E-state index contributed by atoms with van der Waals surface area (Å²) in [6.07, 6.45) is 8.66. The van der Waals surface area contributed by atoms with E-state index in [1.807, 2.05) is 0 Å². The monoisotopic (exact) mass is 281 g/mol. The van der Waals surface area contributed by atoms with E-state index in [-0.39, 0.29) is 0 Å². The minimum absolute atomic E-state index is 0.338. The van der Waals surface area contributed by atoms with Gasteiger partial charge in [0.05, 0.1) is 12.2 Å². The molecule has 20 heavy (non-hydrogen) atoms. The lowest BCUT2D eigenvalue weighted by atomic mass is 9.74. The standard InChI is InChI=1S/C17H31NO2/c1-13(2)11-18-12-17(10-15-4-3-8-19-15)7-9-20-16(17)14-5-6-14/h13-16,18H,3-12H2,1-2H3. The molecule has 3 aliphatic rings. The van der Waals surface area contributed by atoms with Gasteiger partial charge in [-0.1, -0.05) is 13.8 Å². The molecule has 0 aromatic heterocycles. The van der Waals surface area contributed by atoms with Crippen molar-refractivity contribution in [1.82, 2.24) is 5.32 Å². The van der Waals surface area contributed by atoms with Gasteiger partial charge in [0.1, 0.15) is 0 Å². The van der Waals surface area contributed by atoms with Gasteiger partial charge < -0.3 is 14.8 Å². The first kappa shape index (κ1) is 14.8. The molecule has 116 valence electrons. The highest BCUT2D eigenvalue weighted by Crippen LogP contribution is 2.50. The zero-order valence-corrected chi connectivity index (χ0v) is 13.2. The fourth-order valence-electron chi connectivity index (χ4n) is 4.09. The molecule has 0 aromatic rings. The topological polar surface area (TPSA) is 30.5 Å². The maximum Gasteiger partial charge on any atom is 0.0673 e. The van der Waals surface area contributed by atoms with E-state index in [0.29, 0.717) is 17.6 Å². The normalized spacial score (nSPS) is 38.0. The molecular formula is C17H31NO2. The van der Waals surface area contributed by atoms with Gasteiger partial charge >= 0.3 is 0 Å². The van der Waals surface area contributed by atoms with Crippen molar-refractivity contribution in [2.75, 3.05) is 26.3 Å². The Hall–Kier alpha value is -0.120. The molecular weight excluding hydrogens is 250 g/mol. The van der Waals surface area contributed by atoms with Crippen LogP contribution in [0.5, 0.6) is 0 Å². The van der Waals surface area contributed by atoms with E-state index in [9.17, 15) is 0 Å². The van der Waals surface area contributed by atoms with E-state index in [2.05, 4.69) is 19.2 Å². The Morgan fingerprint density at radius 3 is 2.65 bits per heavy atom. The van der Waals surface area contributed by atoms with Gasteiger partial charge in [0.25, 0.3) is 0 Å². The van der Waals surface area contributed by atoms with Crippen LogP contribution < -0.4 is 5.32 Å². The average molecular weight is 281 g/mol. The van der Waals surface area contributed by atoms with Crippen LogP contribution >= 0.6 is 0 Å². The lowest BCUT2D eigenvalue weighted by molar-refractivity contribution is -0.00557. The zero-order chi connectivity index (χ0) is 14.0. The molecule has 3 fully saturated rings. The molecule has 0 radical (unpaired) electrons. The summed E-state index contributed by atoms with van der Waals surface area (Å²) in [7, 11) is 0. The van der Waals surface area contributed by atoms with Gasteiger partial charge in [0, 0.05) is 25.2 Å². The Morgan fingerprint density at radius 2 is 2.00 bits per heavy atom. The molecule has 3 atom stereocenters. The molecule has 3 unspecified atom stereocenters. The third-order valence-corrected chi connectivity index (χ3v) is 5.24. The summed E-state index contributed by atoms with van der Waals surface area (Å²) >= 11 is 0. The number of nitrogens with one attached hydrogen (secondary N) is 1. The van der Waals surface area contributed by atoms with Crippen LogP contribution in [0, 0.1) is 17.3 Å². The minimum atomic E-state index is 0.338. The minimum Gasteiger partial charge on any atom is -0.378 e. The summed E-state index contributed by atoms with van der Waals surface area (Å²) in [5.74, 6) is 1.55. The van der Waals surface area contributed by atoms with Crippen molar-refractivity contribution in [3.05, 3.63) is 0 Å². The van der Waals surface area contributed by atoms with E-state index in [0.717, 1.165) is 38.1 Å². The van der Waals surface area contributed by atoms with Crippen molar-refractivity contribution in [2.45, 2.75) is 64.6 Å². The summed E-state index contributed by atoms with van der Waals surface area (Å²) in [4.78, 5) is 0. The second-order valence-corrected chi connectivity index (χ2v) is 7.61. The molecule has 3 nitrogen and oxygen atoms in total. The van der Waals surface area contributed by atoms with E-state index >= 15 is 0 Å². The lowest BCUT2D eigenvalue weighted by Gasteiger charge is -2.37. The molecule has 0 bridgehead atoms. The van der Waals surface area contributed by atoms with E-state index in [1.54, 1.807) is 0 Å². The smallest absolute Gasteiger partial charge is 0.0673 e. The Kier molecular flexibility index (Phi) is 4.68. The highest BCUT2D eigenvalue weighted by Gasteiger charge is 2.51. The van der Waals surface area contributed by atoms with E-state index in [4.69, 9.17) is 9.47 Å². The number of rotatable bonds is 7. The third-order valence-electron chi connectivity index (χ3n) is 5.24. The molecule has 0 spiro atoms.